The average Bonchev–Trinajstić information content (AvgIpc) is 2.47. The normalized spacial score (nSPS) is 10.3. The number of ether oxygens (including phenoxy) is 2. The summed E-state index contributed by atoms with van der Waals surface area (Å²) in [6.07, 6.45) is 0. The van der Waals surface area contributed by atoms with Gasteiger partial charge in [-0.1, -0.05) is 11.6 Å². The Labute approximate surface area is 122 Å². The first-order valence-electron chi connectivity index (χ1n) is 6.14. The fourth-order valence-electron chi connectivity index (χ4n) is 1.66. The van der Waals surface area contributed by atoms with Crippen molar-refractivity contribution in [3.05, 3.63) is 35.5 Å². The highest BCUT2D eigenvalue weighted by Gasteiger charge is 2.06. The van der Waals surface area contributed by atoms with Gasteiger partial charge in [0.1, 0.15) is 16.7 Å². The maximum absolute atomic E-state index is 6.02. The molecule has 0 amide bonds. The van der Waals surface area contributed by atoms with Crippen molar-refractivity contribution in [3.63, 3.8) is 0 Å². The van der Waals surface area contributed by atoms with Gasteiger partial charge in [-0.05, 0) is 24.3 Å². The lowest BCUT2D eigenvalue weighted by Gasteiger charge is -2.08. The Kier molecular flexibility index (Phi) is 5.15. The molecular weight excluding hydrogens is 278 g/mol. The molecule has 0 atom stereocenters. The highest BCUT2D eigenvalue weighted by Crippen LogP contribution is 2.22. The van der Waals surface area contributed by atoms with Crippen LogP contribution in [0.25, 0.3) is 11.4 Å². The molecule has 0 spiro atoms. The van der Waals surface area contributed by atoms with Crippen LogP contribution in [0.15, 0.2) is 30.3 Å². The molecule has 0 fully saturated rings. The van der Waals surface area contributed by atoms with Crippen LogP contribution in [0, 0.1) is 0 Å². The molecule has 0 aliphatic carbocycles. The molecule has 1 N–H and O–H groups in total. The highest BCUT2D eigenvalue weighted by molar-refractivity contribution is 6.29. The van der Waals surface area contributed by atoms with E-state index in [4.69, 9.17) is 21.1 Å². The van der Waals surface area contributed by atoms with Crippen LogP contribution in [0.5, 0.6) is 5.75 Å². The second kappa shape index (κ2) is 7.07. The van der Waals surface area contributed by atoms with Crippen LogP contribution in [-0.2, 0) is 4.74 Å². The maximum Gasteiger partial charge on any atom is 0.163 e. The number of methoxy groups -OCH3 is 2. The van der Waals surface area contributed by atoms with E-state index in [0.717, 1.165) is 11.3 Å². The molecule has 106 valence electrons. The van der Waals surface area contributed by atoms with Crippen LogP contribution in [-0.4, -0.2) is 37.3 Å². The topological polar surface area (TPSA) is 56.3 Å². The lowest BCUT2D eigenvalue weighted by Crippen LogP contribution is -2.09. The van der Waals surface area contributed by atoms with Gasteiger partial charge < -0.3 is 14.8 Å². The predicted molar refractivity (Wildman–Crippen MR) is 79.4 cm³/mol. The van der Waals surface area contributed by atoms with E-state index < -0.39 is 0 Å². The first-order chi connectivity index (χ1) is 9.72. The van der Waals surface area contributed by atoms with Crippen molar-refractivity contribution in [1.82, 2.24) is 9.97 Å². The molecule has 2 rings (SSSR count). The third-order valence-electron chi connectivity index (χ3n) is 2.66. The smallest absolute Gasteiger partial charge is 0.163 e. The summed E-state index contributed by atoms with van der Waals surface area (Å²) in [6.45, 7) is 1.26. The number of nitrogens with zero attached hydrogens (tertiary/aromatic N) is 2. The van der Waals surface area contributed by atoms with Gasteiger partial charge in [-0.3, -0.25) is 0 Å². The molecule has 1 aromatic heterocycles. The van der Waals surface area contributed by atoms with Crippen molar-refractivity contribution >= 4 is 17.4 Å². The summed E-state index contributed by atoms with van der Waals surface area (Å²) in [5, 5.41) is 3.53. The third kappa shape index (κ3) is 3.82. The summed E-state index contributed by atoms with van der Waals surface area (Å²) in [7, 11) is 3.28. The lowest BCUT2D eigenvalue weighted by molar-refractivity contribution is 0.210. The number of rotatable bonds is 6. The molecular formula is C14H16ClN3O2. The van der Waals surface area contributed by atoms with E-state index in [1.165, 1.54) is 0 Å². The zero-order valence-corrected chi connectivity index (χ0v) is 12.1. The van der Waals surface area contributed by atoms with E-state index in [1.54, 1.807) is 20.3 Å². The molecule has 0 unspecified atom stereocenters. The van der Waals surface area contributed by atoms with E-state index >= 15 is 0 Å². The summed E-state index contributed by atoms with van der Waals surface area (Å²) >= 11 is 6.02. The first-order valence-corrected chi connectivity index (χ1v) is 6.52. The zero-order valence-electron chi connectivity index (χ0n) is 11.4. The predicted octanol–water partition coefficient (Wildman–Crippen LogP) is 2.86. The fraction of sp³-hybridized carbons (Fsp3) is 0.286. The first kappa shape index (κ1) is 14.6. The number of aromatic nitrogens is 2. The van der Waals surface area contributed by atoms with E-state index in [1.807, 2.05) is 24.3 Å². The van der Waals surface area contributed by atoms with Crippen molar-refractivity contribution in [2.45, 2.75) is 0 Å². The number of anilines is 1. The second-order valence-corrected chi connectivity index (χ2v) is 4.43. The molecule has 6 heteroatoms. The van der Waals surface area contributed by atoms with E-state index in [0.29, 0.717) is 29.9 Å². The molecule has 5 nitrogen and oxygen atoms in total. The maximum atomic E-state index is 6.02. The Morgan fingerprint density at radius 3 is 2.55 bits per heavy atom. The minimum atomic E-state index is 0.394. The summed E-state index contributed by atoms with van der Waals surface area (Å²) < 4.78 is 10.1. The van der Waals surface area contributed by atoms with Gasteiger partial charge in [0.2, 0.25) is 0 Å². The van der Waals surface area contributed by atoms with Crippen molar-refractivity contribution in [2.24, 2.45) is 0 Å². The quantitative estimate of drug-likeness (QED) is 0.655. The molecule has 0 radical (unpaired) electrons. The molecule has 0 saturated heterocycles. The molecule has 1 aromatic carbocycles. The Morgan fingerprint density at radius 1 is 1.15 bits per heavy atom. The van der Waals surface area contributed by atoms with Gasteiger partial charge in [0, 0.05) is 25.3 Å². The molecule has 20 heavy (non-hydrogen) atoms. The molecule has 0 saturated carbocycles. The van der Waals surface area contributed by atoms with Gasteiger partial charge in [0.25, 0.3) is 0 Å². The van der Waals surface area contributed by atoms with Crippen LogP contribution in [0.2, 0.25) is 5.15 Å². The zero-order chi connectivity index (χ0) is 14.4. The van der Waals surface area contributed by atoms with Crippen LogP contribution in [0.1, 0.15) is 0 Å². The molecule has 0 aliphatic heterocycles. The third-order valence-corrected chi connectivity index (χ3v) is 2.85. The van der Waals surface area contributed by atoms with Crippen molar-refractivity contribution in [2.75, 3.05) is 32.7 Å². The summed E-state index contributed by atoms with van der Waals surface area (Å²) in [4.78, 5) is 8.66. The largest absolute Gasteiger partial charge is 0.497 e. The Bertz CT molecular complexity index is 561. The van der Waals surface area contributed by atoms with Crippen molar-refractivity contribution in [3.8, 4) is 17.1 Å². The Balaban J connectivity index is 2.21. The number of nitrogens with one attached hydrogen (secondary N) is 1. The number of halogens is 1. The standard InChI is InChI=1S/C14H16ClN3O2/c1-19-8-7-16-13-9-12(15)17-14(18-13)10-3-5-11(20-2)6-4-10/h3-6,9H,7-8H2,1-2H3,(H,16,17,18). The summed E-state index contributed by atoms with van der Waals surface area (Å²) in [6, 6.07) is 9.19. The number of hydrogen-bond donors (Lipinski definition) is 1. The average molecular weight is 294 g/mol. The van der Waals surface area contributed by atoms with Crippen LogP contribution >= 0.6 is 11.6 Å². The molecule has 0 aliphatic rings. The molecule has 1 heterocycles. The van der Waals surface area contributed by atoms with Gasteiger partial charge in [-0.25, -0.2) is 9.97 Å². The summed E-state index contributed by atoms with van der Waals surface area (Å²) in [5.41, 5.74) is 0.878. The van der Waals surface area contributed by atoms with E-state index in [2.05, 4.69) is 15.3 Å². The Morgan fingerprint density at radius 2 is 1.90 bits per heavy atom. The SMILES string of the molecule is COCCNc1cc(Cl)nc(-c2ccc(OC)cc2)n1. The molecule has 2 aromatic rings. The Hall–Kier alpha value is -1.85. The second-order valence-electron chi connectivity index (χ2n) is 4.05. The van der Waals surface area contributed by atoms with Gasteiger partial charge in [0.05, 0.1) is 13.7 Å². The highest BCUT2D eigenvalue weighted by atomic mass is 35.5. The van der Waals surface area contributed by atoms with Crippen LogP contribution in [0.3, 0.4) is 0 Å². The van der Waals surface area contributed by atoms with Gasteiger partial charge >= 0.3 is 0 Å². The van der Waals surface area contributed by atoms with Gasteiger partial charge in [-0.2, -0.15) is 0 Å². The number of hydrogen-bond acceptors (Lipinski definition) is 5. The van der Waals surface area contributed by atoms with Gasteiger partial charge in [0.15, 0.2) is 5.82 Å². The molecule has 0 bridgehead atoms. The number of benzene rings is 1. The van der Waals surface area contributed by atoms with Crippen molar-refractivity contribution in [1.29, 1.82) is 0 Å². The van der Waals surface area contributed by atoms with Crippen LogP contribution < -0.4 is 10.1 Å². The summed E-state index contributed by atoms with van der Waals surface area (Å²) in [5.74, 6) is 2.03. The monoisotopic (exact) mass is 293 g/mol. The minimum Gasteiger partial charge on any atom is -0.497 e. The van der Waals surface area contributed by atoms with Crippen LogP contribution in [0.4, 0.5) is 5.82 Å². The fourth-order valence-corrected chi connectivity index (χ4v) is 1.84. The van der Waals surface area contributed by atoms with Crippen molar-refractivity contribution < 1.29 is 9.47 Å². The van der Waals surface area contributed by atoms with E-state index in [-0.39, 0.29) is 0 Å². The van der Waals surface area contributed by atoms with E-state index in [9.17, 15) is 0 Å². The lowest BCUT2D eigenvalue weighted by atomic mass is 10.2. The van der Waals surface area contributed by atoms with Gasteiger partial charge in [-0.15, -0.1) is 0 Å². The minimum absolute atomic E-state index is 0.394.